The summed E-state index contributed by atoms with van der Waals surface area (Å²) in [5, 5.41) is 0. The first-order valence-corrected chi connectivity index (χ1v) is 9.85. The molecule has 0 atom stereocenters. The Morgan fingerprint density at radius 2 is 1.65 bits per heavy atom. The molecule has 0 bridgehead atoms. The van der Waals surface area contributed by atoms with Crippen LogP contribution in [0, 0.1) is 5.92 Å². The number of esters is 1. The monoisotopic (exact) mass is 360 g/mol. The SMILES string of the molecule is CCOC(=O)CN1CCN(CC2CCN(c3ccc(N)cc3)CC2)CC1. The molecule has 0 spiro atoms. The van der Waals surface area contributed by atoms with Crippen molar-refractivity contribution in [3.05, 3.63) is 24.3 Å². The second-order valence-electron chi connectivity index (χ2n) is 7.40. The Balaban J connectivity index is 1.36. The van der Waals surface area contributed by atoms with Crippen molar-refractivity contribution in [2.75, 3.05) is 69.6 Å². The van der Waals surface area contributed by atoms with E-state index in [-0.39, 0.29) is 5.97 Å². The first-order valence-electron chi connectivity index (χ1n) is 9.85. The van der Waals surface area contributed by atoms with E-state index in [4.69, 9.17) is 10.5 Å². The second-order valence-corrected chi connectivity index (χ2v) is 7.40. The number of carbonyl (C=O) groups is 1. The number of ether oxygens (including phenoxy) is 1. The lowest BCUT2D eigenvalue weighted by atomic mass is 9.95. The molecule has 144 valence electrons. The molecule has 2 fully saturated rings. The van der Waals surface area contributed by atoms with Gasteiger partial charge in [0, 0.05) is 57.2 Å². The molecule has 0 unspecified atom stereocenters. The van der Waals surface area contributed by atoms with Crippen molar-refractivity contribution in [2.45, 2.75) is 19.8 Å². The van der Waals surface area contributed by atoms with E-state index in [0.717, 1.165) is 50.9 Å². The van der Waals surface area contributed by atoms with E-state index < -0.39 is 0 Å². The fraction of sp³-hybridized carbons (Fsp3) is 0.650. The quantitative estimate of drug-likeness (QED) is 0.615. The summed E-state index contributed by atoms with van der Waals surface area (Å²) in [6, 6.07) is 8.21. The van der Waals surface area contributed by atoms with Crippen LogP contribution in [0.1, 0.15) is 19.8 Å². The molecule has 26 heavy (non-hydrogen) atoms. The van der Waals surface area contributed by atoms with E-state index in [0.29, 0.717) is 13.2 Å². The van der Waals surface area contributed by atoms with Crippen LogP contribution in [0.5, 0.6) is 0 Å². The Morgan fingerprint density at radius 3 is 2.27 bits per heavy atom. The van der Waals surface area contributed by atoms with Gasteiger partial charge < -0.3 is 20.3 Å². The lowest BCUT2D eigenvalue weighted by Crippen LogP contribution is -2.50. The van der Waals surface area contributed by atoms with Crippen molar-refractivity contribution >= 4 is 17.3 Å². The lowest BCUT2D eigenvalue weighted by molar-refractivity contribution is -0.144. The fourth-order valence-electron chi connectivity index (χ4n) is 3.94. The molecule has 1 aromatic rings. The van der Waals surface area contributed by atoms with E-state index in [9.17, 15) is 4.79 Å². The molecule has 3 rings (SSSR count). The molecule has 0 aromatic heterocycles. The van der Waals surface area contributed by atoms with E-state index in [1.807, 2.05) is 19.1 Å². The van der Waals surface area contributed by atoms with Gasteiger partial charge in [-0.05, 0) is 49.9 Å². The van der Waals surface area contributed by atoms with Gasteiger partial charge in [0.05, 0.1) is 13.2 Å². The van der Waals surface area contributed by atoms with Gasteiger partial charge >= 0.3 is 5.97 Å². The Kier molecular flexibility index (Phi) is 6.74. The number of nitrogens with two attached hydrogens (primary N) is 1. The Morgan fingerprint density at radius 1 is 1.04 bits per heavy atom. The molecule has 0 radical (unpaired) electrons. The number of nitrogen functional groups attached to an aromatic ring is 1. The Labute approximate surface area is 156 Å². The van der Waals surface area contributed by atoms with Crippen LogP contribution in [0.15, 0.2) is 24.3 Å². The summed E-state index contributed by atoms with van der Waals surface area (Å²) in [5.74, 6) is 0.674. The predicted octanol–water partition coefficient (Wildman–Crippen LogP) is 1.67. The molecular weight excluding hydrogens is 328 g/mol. The van der Waals surface area contributed by atoms with Gasteiger partial charge in [-0.2, -0.15) is 0 Å². The number of rotatable bonds is 6. The van der Waals surface area contributed by atoms with Crippen molar-refractivity contribution in [2.24, 2.45) is 5.92 Å². The van der Waals surface area contributed by atoms with Crippen molar-refractivity contribution in [1.29, 1.82) is 0 Å². The molecule has 0 saturated carbocycles. The third-order valence-corrected chi connectivity index (χ3v) is 5.51. The molecule has 1 aromatic carbocycles. The average molecular weight is 361 g/mol. The number of piperidine rings is 1. The molecule has 6 nitrogen and oxygen atoms in total. The number of nitrogens with zero attached hydrogens (tertiary/aromatic N) is 3. The van der Waals surface area contributed by atoms with Crippen LogP contribution in [-0.4, -0.2) is 74.7 Å². The second kappa shape index (κ2) is 9.24. The molecule has 2 aliphatic rings. The predicted molar refractivity (Wildman–Crippen MR) is 105 cm³/mol. The van der Waals surface area contributed by atoms with Gasteiger partial charge in [-0.15, -0.1) is 0 Å². The smallest absolute Gasteiger partial charge is 0.320 e. The third-order valence-electron chi connectivity index (χ3n) is 5.51. The number of hydrogen-bond acceptors (Lipinski definition) is 6. The van der Waals surface area contributed by atoms with Crippen LogP contribution in [0.25, 0.3) is 0 Å². The molecule has 6 heteroatoms. The minimum atomic E-state index is -0.101. The Bertz CT molecular complexity index is 562. The van der Waals surface area contributed by atoms with E-state index >= 15 is 0 Å². The molecule has 0 aliphatic carbocycles. The van der Waals surface area contributed by atoms with Gasteiger partial charge in [0.2, 0.25) is 0 Å². The van der Waals surface area contributed by atoms with Gasteiger partial charge in [-0.25, -0.2) is 0 Å². The van der Waals surface area contributed by atoms with Gasteiger partial charge in [0.15, 0.2) is 0 Å². The summed E-state index contributed by atoms with van der Waals surface area (Å²) in [5.41, 5.74) is 7.89. The number of benzene rings is 1. The number of anilines is 2. The Hall–Kier alpha value is -1.79. The highest BCUT2D eigenvalue weighted by Gasteiger charge is 2.24. The standard InChI is InChI=1S/C20H32N4O2/c1-2-26-20(25)16-23-13-11-22(12-14-23)15-17-7-9-24(10-8-17)19-5-3-18(21)4-6-19/h3-6,17H,2,7-16,21H2,1H3. The van der Waals surface area contributed by atoms with Gasteiger partial charge in [-0.1, -0.05) is 0 Å². The summed E-state index contributed by atoms with van der Waals surface area (Å²) in [4.78, 5) is 18.8. The molecule has 0 amide bonds. The highest BCUT2D eigenvalue weighted by molar-refractivity contribution is 5.71. The molecule has 2 N–H and O–H groups in total. The largest absolute Gasteiger partial charge is 0.465 e. The molecule has 2 heterocycles. The average Bonchev–Trinajstić information content (AvgIpc) is 2.65. The number of hydrogen-bond donors (Lipinski definition) is 1. The number of piperazine rings is 1. The highest BCUT2D eigenvalue weighted by atomic mass is 16.5. The van der Waals surface area contributed by atoms with Crippen LogP contribution in [0.3, 0.4) is 0 Å². The van der Waals surface area contributed by atoms with Crippen LogP contribution >= 0.6 is 0 Å². The summed E-state index contributed by atoms with van der Waals surface area (Å²) in [6.45, 7) is 10.2. The van der Waals surface area contributed by atoms with Crippen molar-refractivity contribution in [3.63, 3.8) is 0 Å². The summed E-state index contributed by atoms with van der Waals surface area (Å²) < 4.78 is 5.04. The van der Waals surface area contributed by atoms with Crippen LogP contribution in [0.4, 0.5) is 11.4 Å². The maximum atomic E-state index is 11.6. The highest BCUT2D eigenvalue weighted by Crippen LogP contribution is 2.25. The summed E-state index contributed by atoms with van der Waals surface area (Å²) in [7, 11) is 0. The zero-order chi connectivity index (χ0) is 18.4. The number of carbonyl (C=O) groups excluding carboxylic acids is 1. The maximum Gasteiger partial charge on any atom is 0.320 e. The van der Waals surface area contributed by atoms with Crippen LogP contribution in [-0.2, 0) is 9.53 Å². The summed E-state index contributed by atoms with van der Waals surface area (Å²) in [6.07, 6.45) is 2.49. The lowest BCUT2D eigenvalue weighted by Gasteiger charge is -2.39. The van der Waals surface area contributed by atoms with Crippen LogP contribution < -0.4 is 10.6 Å². The molecule has 2 aliphatic heterocycles. The molecule has 2 saturated heterocycles. The third kappa shape index (κ3) is 5.35. The topological polar surface area (TPSA) is 62.0 Å². The first kappa shape index (κ1) is 19.0. The van der Waals surface area contributed by atoms with Crippen molar-refractivity contribution in [1.82, 2.24) is 9.80 Å². The fourth-order valence-corrected chi connectivity index (χ4v) is 3.94. The van der Waals surface area contributed by atoms with Crippen molar-refractivity contribution in [3.8, 4) is 0 Å². The maximum absolute atomic E-state index is 11.6. The van der Waals surface area contributed by atoms with Crippen molar-refractivity contribution < 1.29 is 9.53 Å². The minimum Gasteiger partial charge on any atom is -0.465 e. The van der Waals surface area contributed by atoms with Crippen LogP contribution in [0.2, 0.25) is 0 Å². The first-order chi connectivity index (χ1) is 12.6. The summed E-state index contributed by atoms with van der Waals surface area (Å²) >= 11 is 0. The van der Waals surface area contributed by atoms with Gasteiger partial charge in [-0.3, -0.25) is 9.69 Å². The van der Waals surface area contributed by atoms with E-state index in [1.54, 1.807) is 0 Å². The molecular formula is C20H32N4O2. The van der Waals surface area contributed by atoms with Gasteiger partial charge in [0.25, 0.3) is 0 Å². The zero-order valence-electron chi connectivity index (χ0n) is 15.9. The van der Waals surface area contributed by atoms with Gasteiger partial charge in [0.1, 0.15) is 0 Å². The van der Waals surface area contributed by atoms with E-state index in [2.05, 4.69) is 26.8 Å². The zero-order valence-corrected chi connectivity index (χ0v) is 15.9. The van der Waals surface area contributed by atoms with E-state index in [1.165, 1.54) is 25.1 Å². The minimum absolute atomic E-state index is 0.101. The normalized spacial score (nSPS) is 20.3.